The number of aromatic nitrogens is 3. The van der Waals surface area contributed by atoms with E-state index in [-0.39, 0.29) is 10.3 Å². The van der Waals surface area contributed by atoms with Crippen LogP contribution in [-0.2, 0) is 31.6 Å². The first-order valence-corrected chi connectivity index (χ1v) is 14.7. The lowest BCUT2D eigenvalue weighted by Gasteiger charge is -2.18. The van der Waals surface area contributed by atoms with Gasteiger partial charge in [0.05, 0.1) is 45.2 Å². The number of nitrogens with zero attached hydrogens (tertiary/aromatic N) is 3. The minimum absolute atomic E-state index is 0.116. The fourth-order valence-electron chi connectivity index (χ4n) is 4.75. The molecule has 0 spiro atoms. The largest absolute Gasteiger partial charge is 0.330 e. The van der Waals surface area contributed by atoms with Gasteiger partial charge in [-0.05, 0) is 74.4 Å². The van der Waals surface area contributed by atoms with E-state index in [9.17, 15) is 9.00 Å². The Morgan fingerprint density at radius 2 is 1.55 bits per heavy atom. The molecule has 0 aliphatic carbocycles. The van der Waals surface area contributed by atoms with E-state index in [4.69, 9.17) is 28.2 Å². The number of halogens is 2. The van der Waals surface area contributed by atoms with Crippen molar-refractivity contribution in [3.8, 4) is 33.6 Å². The minimum Gasteiger partial charge on any atom is -0.330 e. The molecule has 6 nitrogen and oxygen atoms in total. The van der Waals surface area contributed by atoms with Crippen LogP contribution in [-0.4, -0.2) is 23.1 Å². The van der Waals surface area contributed by atoms with Crippen molar-refractivity contribution in [3.63, 3.8) is 0 Å². The third-order valence-corrected chi connectivity index (χ3v) is 8.93. The summed E-state index contributed by atoms with van der Waals surface area (Å²) < 4.78 is 18.9. The van der Waals surface area contributed by atoms with Gasteiger partial charge in [-0.15, -0.1) is 0 Å². The Hall–Kier alpha value is -3.23. The second-order valence-corrected chi connectivity index (χ2v) is 13.6. The summed E-state index contributed by atoms with van der Waals surface area (Å²) in [4.78, 5) is 18.5. The molecule has 0 radical (unpaired) electrons. The van der Waals surface area contributed by atoms with E-state index in [1.807, 2.05) is 80.9 Å². The summed E-state index contributed by atoms with van der Waals surface area (Å²) in [7, 11) is 2.53. The predicted molar refractivity (Wildman–Crippen MR) is 167 cm³/mol. The van der Waals surface area contributed by atoms with Crippen LogP contribution in [0.3, 0.4) is 0 Å². The molecular weight excluding hydrogens is 563 g/mol. The summed E-state index contributed by atoms with van der Waals surface area (Å²) in [5.41, 5.74) is 5.44. The highest BCUT2D eigenvalue weighted by atomic mass is 35.5. The topological polar surface area (TPSA) is 68.9 Å². The third kappa shape index (κ3) is 5.39. The highest BCUT2D eigenvalue weighted by Crippen LogP contribution is 2.38. The Morgan fingerprint density at radius 3 is 2.23 bits per heavy atom. The van der Waals surface area contributed by atoms with Crippen LogP contribution in [0.1, 0.15) is 26.5 Å². The van der Waals surface area contributed by atoms with Crippen molar-refractivity contribution in [2.45, 2.75) is 32.1 Å². The van der Waals surface area contributed by atoms with Crippen molar-refractivity contribution < 1.29 is 4.21 Å². The van der Waals surface area contributed by atoms with Gasteiger partial charge in [0.15, 0.2) is 0 Å². The van der Waals surface area contributed by atoms with Crippen molar-refractivity contribution in [2.24, 2.45) is 14.1 Å². The maximum absolute atomic E-state index is 13.8. The van der Waals surface area contributed by atoms with Crippen molar-refractivity contribution in [1.82, 2.24) is 18.8 Å². The fraction of sp³-hybridized carbons (Fsp3) is 0.226. The lowest BCUT2D eigenvalue weighted by atomic mass is 9.91. The van der Waals surface area contributed by atoms with Gasteiger partial charge < -0.3 is 9.13 Å². The lowest BCUT2D eigenvalue weighted by molar-refractivity contribution is 0.632. The molecule has 5 aromatic rings. The standard InChI is InChI=1S/C31H30Cl2N4O2S/c1-31(2,3)40(39)35-18-24-17-34-29(36(24)4)21-11-14-26-25(16-21)27(20-7-6-8-23(33)15-20)28(30(38)37(26)5)19-9-12-22(32)13-10-19/h6-17,35H,18H2,1-5H3. The summed E-state index contributed by atoms with van der Waals surface area (Å²) >= 11 is 12.6. The molecule has 2 heterocycles. The Labute approximate surface area is 246 Å². The molecule has 0 amide bonds. The number of pyridine rings is 1. The molecule has 0 aliphatic heterocycles. The van der Waals surface area contributed by atoms with Gasteiger partial charge in [0.2, 0.25) is 0 Å². The average Bonchev–Trinajstić information content (AvgIpc) is 3.28. The quantitative estimate of drug-likeness (QED) is 0.228. The van der Waals surface area contributed by atoms with Crippen LogP contribution in [0.2, 0.25) is 10.0 Å². The Balaban J connectivity index is 1.71. The molecular formula is C31H30Cl2N4O2S. The summed E-state index contributed by atoms with van der Waals surface area (Å²) in [5, 5.41) is 2.07. The van der Waals surface area contributed by atoms with Gasteiger partial charge in [0.1, 0.15) is 5.82 Å². The molecule has 3 aromatic carbocycles. The maximum Gasteiger partial charge on any atom is 0.259 e. The molecule has 1 atom stereocenters. The molecule has 0 fully saturated rings. The molecule has 40 heavy (non-hydrogen) atoms. The molecule has 1 unspecified atom stereocenters. The SMILES string of the molecule is Cn1c(CNS(=O)C(C)(C)C)cnc1-c1ccc2c(c1)c(-c1cccc(Cl)c1)c(-c1ccc(Cl)cc1)c(=O)n2C. The number of fused-ring (bicyclic) bond motifs is 1. The molecule has 9 heteroatoms. The monoisotopic (exact) mass is 592 g/mol. The van der Waals surface area contributed by atoms with E-state index in [2.05, 4.69) is 10.8 Å². The van der Waals surface area contributed by atoms with E-state index in [1.54, 1.807) is 29.9 Å². The molecule has 2 aromatic heterocycles. The number of hydrogen-bond donors (Lipinski definition) is 1. The van der Waals surface area contributed by atoms with E-state index in [0.29, 0.717) is 22.2 Å². The number of nitrogens with one attached hydrogen (secondary N) is 1. The number of hydrogen-bond acceptors (Lipinski definition) is 3. The Bertz CT molecular complexity index is 1820. The molecule has 0 aliphatic rings. The lowest BCUT2D eigenvalue weighted by Crippen LogP contribution is -2.33. The smallest absolute Gasteiger partial charge is 0.259 e. The minimum atomic E-state index is -1.20. The van der Waals surface area contributed by atoms with Gasteiger partial charge >= 0.3 is 0 Å². The van der Waals surface area contributed by atoms with Crippen LogP contribution < -0.4 is 10.3 Å². The zero-order valence-corrected chi connectivity index (χ0v) is 25.3. The molecule has 0 saturated carbocycles. The average molecular weight is 594 g/mol. The Morgan fingerprint density at radius 1 is 0.850 bits per heavy atom. The van der Waals surface area contributed by atoms with Gasteiger partial charge in [0, 0.05) is 40.7 Å². The molecule has 0 saturated heterocycles. The maximum atomic E-state index is 13.8. The van der Waals surface area contributed by atoms with Gasteiger partial charge in [0.25, 0.3) is 5.56 Å². The highest BCUT2D eigenvalue weighted by Gasteiger charge is 2.22. The number of imidazole rings is 1. The zero-order valence-electron chi connectivity index (χ0n) is 23.0. The second kappa shape index (κ2) is 11.0. The summed E-state index contributed by atoms with van der Waals surface area (Å²) in [6, 6.07) is 20.8. The van der Waals surface area contributed by atoms with Gasteiger partial charge in [-0.3, -0.25) is 4.79 Å². The summed E-state index contributed by atoms with van der Waals surface area (Å²) in [6.07, 6.45) is 1.80. The number of aryl methyl sites for hydroxylation is 1. The first-order valence-electron chi connectivity index (χ1n) is 12.8. The molecule has 0 bridgehead atoms. The van der Waals surface area contributed by atoms with Crippen LogP contribution in [0.5, 0.6) is 0 Å². The van der Waals surface area contributed by atoms with Crippen LogP contribution in [0, 0.1) is 0 Å². The second-order valence-electron chi connectivity index (χ2n) is 10.7. The van der Waals surface area contributed by atoms with E-state index >= 15 is 0 Å². The summed E-state index contributed by atoms with van der Waals surface area (Å²) in [6.45, 7) is 6.22. The van der Waals surface area contributed by atoms with Crippen molar-refractivity contribution in [1.29, 1.82) is 0 Å². The highest BCUT2D eigenvalue weighted by molar-refractivity contribution is 7.84. The van der Waals surface area contributed by atoms with Crippen molar-refractivity contribution in [2.75, 3.05) is 0 Å². The van der Waals surface area contributed by atoms with E-state index < -0.39 is 11.0 Å². The van der Waals surface area contributed by atoms with Crippen LogP contribution in [0.25, 0.3) is 44.5 Å². The summed E-state index contributed by atoms with van der Waals surface area (Å²) in [5.74, 6) is 0.763. The predicted octanol–water partition coefficient (Wildman–Crippen LogP) is 7.13. The zero-order chi connectivity index (χ0) is 28.8. The third-order valence-electron chi connectivity index (χ3n) is 6.93. The van der Waals surface area contributed by atoms with Gasteiger partial charge in [-0.2, -0.15) is 0 Å². The molecule has 5 rings (SSSR count). The first kappa shape index (κ1) is 28.3. The number of rotatable bonds is 6. The van der Waals surface area contributed by atoms with E-state index in [1.165, 1.54) is 0 Å². The normalized spacial score (nSPS) is 12.7. The fourth-order valence-corrected chi connectivity index (χ4v) is 5.78. The van der Waals surface area contributed by atoms with Gasteiger partial charge in [-0.25, -0.2) is 13.9 Å². The number of benzene rings is 3. The van der Waals surface area contributed by atoms with Gasteiger partial charge in [-0.1, -0.05) is 47.5 Å². The van der Waals surface area contributed by atoms with Crippen LogP contribution >= 0.6 is 23.2 Å². The molecule has 206 valence electrons. The van der Waals surface area contributed by atoms with Crippen molar-refractivity contribution >= 4 is 45.1 Å². The van der Waals surface area contributed by atoms with Crippen LogP contribution in [0.15, 0.2) is 77.7 Å². The first-order chi connectivity index (χ1) is 19.0. The Kier molecular flexibility index (Phi) is 7.77. The van der Waals surface area contributed by atoms with Crippen LogP contribution in [0.4, 0.5) is 0 Å². The van der Waals surface area contributed by atoms with Crippen molar-refractivity contribution in [3.05, 3.63) is 99.0 Å². The molecule has 1 N–H and O–H groups in total. The van der Waals surface area contributed by atoms with E-state index in [0.717, 1.165) is 44.7 Å².